The number of aromatic nitrogens is 1. The molecule has 3 N–H and O–H groups in total. The van der Waals surface area contributed by atoms with Crippen LogP contribution in [0, 0.1) is 6.92 Å². The third-order valence-electron chi connectivity index (χ3n) is 5.01. The van der Waals surface area contributed by atoms with Crippen LogP contribution >= 0.6 is 23.2 Å². The third-order valence-corrected chi connectivity index (χ3v) is 5.89. The molecule has 0 aliphatic heterocycles. The van der Waals surface area contributed by atoms with E-state index in [0.717, 1.165) is 19.2 Å². The number of rotatable bonds is 6. The number of ether oxygens (including phenoxy) is 1. The molecule has 0 radical (unpaired) electrons. The van der Waals surface area contributed by atoms with Gasteiger partial charge in [0.15, 0.2) is 11.2 Å². The number of halogens is 5. The Bertz CT molecular complexity index is 1070. The Morgan fingerprint density at radius 1 is 1.19 bits per heavy atom. The summed E-state index contributed by atoms with van der Waals surface area (Å²) in [4.78, 5) is 25.0. The van der Waals surface area contributed by atoms with Crippen molar-refractivity contribution in [3.05, 3.63) is 61.5 Å². The molecule has 2 atom stereocenters. The average molecular weight is 482 g/mol. The Morgan fingerprint density at radius 2 is 1.77 bits per heavy atom. The molecule has 2 rings (SSSR count). The van der Waals surface area contributed by atoms with Crippen molar-refractivity contribution in [2.24, 2.45) is 0 Å². The van der Waals surface area contributed by atoms with Crippen molar-refractivity contribution in [2.45, 2.75) is 51.0 Å². The van der Waals surface area contributed by atoms with E-state index in [-0.39, 0.29) is 26.9 Å². The number of hydrogen-bond donors (Lipinski definition) is 3. The van der Waals surface area contributed by atoms with Gasteiger partial charge in [0.25, 0.3) is 5.56 Å². The number of carbonyl (C=O) groups is 1. The van der Waals surface area contributed by atoms with Gasteiger partial charge in [-0.1, -0.05) is 36.2 Å². The van der Waals surface area contributed by atoms with Gasteiger partial charge in [-0.15, -0.1) is 0 Å². The molecule has 0 aliphatic rings. The average Bonchev–Trinajstić information content (AvgIpc) is 2.65. The van der Waals surface area contributed by atoms with Gasteiger partial charge in [-0.3, -0.25) is 4.79 Å². The molecule has 0 saturated carbocycles. The van der Waals surface area contributed by atoms with Crippen LogP contribution in [-0.4, -0.2) is 32.9 Å². The number of aliphatic hydroxyl groups is 1. The minimum atomic E-state index is -5.15. The van der Waals surface area contributed by atoms with E-state index in [9.17, 15) is 33.0 Å². The van der Waals surface area contributed by atoms with Crippen LogP contribution in [0.5, 0.6) is 5.75 Å². The molecule has 0 saturated heterocycles. The van der Waals surface area contributed by atoms with E-state index >= 15 is 0 Å². The maximum absolute atomic E-state index is 14.1. The van der Waals surface area contributed by atoms with Gasteiger partial charge in [0.05, 0.1) is 5.02 Å². The molecule has 0 amide bonds. The van der Waals surface area contributed by atoms with Gasteiger partial charge in [0.2, 0.25) is 0 Å². The summed E-state index contributed by atoms with van der Waals surface area (Å²) in [5.41, 5.74) is -6.45. The van der Waals surface area contributed by atoms with E-state index in [1.54, 1.807) is 0 Å². The zero-order valence-electron chi connectivity index (χ0n) is 16.9. The van der Waals surface area contributed by atoms with E-state index in [1.807, 2.05) is 0 Å². The quantitative estimate of drug-likeness (QED) is 0.550. The largest absolute Gasteiger partial charge is 0.478 e. The molecule has 2 unspecified atom stereocenters. The smallest absolute Gasteiger partial charge is 0.422 e. The molecule has 31 heavy (non-hydrogen) atoms. The number of hydrogen-bond acceptors (Lipinski definition) is 4. The first kappa shape index (κ1) is 25.0. The lowest BCUT2D eigenvalue weighted by Gasteiger charge is -2.37. The van der Waals surface area contributed by atoms with Crippen LogP contribution in [0.3, 0.4) is 0 Å². The highest BCUT2D eigenvalue weighted by Crippen LogP contribution is 2.51. The summed E-state index contributed by atoms with van der Waals surface area (Å²) >= 11 is 12.4. The van der Waals surface area contributed by atoms with Crippen LogP contribution in [0.1, 0.15) is 43.4 Å². The Balaban J connectivity index is 2.62. The highest BCUT2D eigenvalue weighted by Gasteiger charge is 2.59. The van der Waals surface area contributed by atoms with Gasteiger partial charge in [-0.2, -0.15) is 13.2 Å². The summed E-state index contributed by atoms with van der Waals surface area (Å²) in [6.45, 7) is 4.94. The number of aromatic amines is 1. The Morgan fingerprint density at radius 3 is 2.26 bits per heavy atom. The van der Waals surface area contributed by atoms with Crippen molar-refractivity contribution < 1.29 is 32.9 Å². The van der Waals surface area contributed by atoms with Crippen LogP contribution in [0.4, 0.5) is 13.2 Å². The highest BCUT2D eigenvalue weighted by atomic mass is 35.5. The minimum Gasteiger partial charge on any atom is -0.478 e. The zero-order valence-corrected chi connectivity index (χ0v) is 18.4. The predicted octanol–water partition coefficient (Wildman–Crippen LogP) is 4.79. The van der Waals surface area contributed by atoms with Crippen LogP contribution in [0.25, 0.3) is 0 Å². The molecule has 1 heterocycles. The molecule has 1 aromatic carbocycles. The summed E-state index contributed by atoms with van der Waals surface area (Å²) in [6, 6.07) is 3.30. The fourth-order valence-corrected chi connectivity index (χ4v) is 3.51. The number of benzene rings is 1. The molecule has 0 spiro atoms. The van der Waals surface area contributed by atoms with Gasteiger partial charge in [-0.05, 0) is 38.5 Å². The molecule has 0 aliphatic carbocycles. The van der Waals surface area contributed by atoms with E-state index < -0.39 is 40.4 Å². The van der Waals surface area contributed by atoms with Crippen LogP contribution < -0.4 is 10.3 Å². The van der Waals surface area contributed by atoms with Crippen LogP contribution in [0.15, 0.2) is 29.2 Å². The van der Waals surface area contributed by atoms with Crippen LogP contribution in [0.2, 0.25) is 10.0 Å². The SMILES string of the molecule is Cc1cc(C(O)(C(C)c2ccc(OC(C)(C)C(=O)O)c(Cl)c2Cl)C(F)(F)F)c[nH]c1=O. The number of nitrogens with one attached hydrogen (secondary N) is 1. The predicted molar refractivity (Wildman–Crippen MR) is 109 cm³/mol. The van der Waals surface area contributed by atoms with Crippen molar-refractivity contribution in [3.8, 4) is 5.75 Å². The summed E-state index contributed by atoms with van der Waals surface area (Å²) in [7, 11) is 0. The highest BCUT2D eigenvalue weighted by molar-refractivity contribution is 6.43. The fraction of sp³-hybridized carbons (Fsp3) is 0.400. The van der Waals surface area contributed by atoms with Gasteiger partial charge >= 0.3 is 12.1 Å². The third kappa shape index (κ3) is 4.53. The number of carboxylic acids is 1. The fourth-order valence-electron chi connectivity index (χ4n) is 2.98. The Hall–Kier alpha value is -2.23. The summed E-state index contributed by atoms with van der Waals surface area (Å²) in [5, 5.41) is 19.4. The Kier molecular flexibility index (Phi) is 6.76. The second-order valence-electron chi connectivity index (χ2n) is 7.58. The summed E-state index contributed by atoms with van der Waals surface area (Å²) < 4.78 is 47.6. The number of alkyl halides is 3. The van der Waals surface area contributed by atoms with Crippen molar-refractivity contribution >= 4 is 29.2 Å². The second-order valence-corrected chi connectivity index (χ2v) is 8.34. The summed E-state index contributed by atoms with van der Waals surface area (Å²) in [6.07, 6.45) is -4.35. The number of carboxylic acid groups (broad SMARTS) is 1. The topological polar surface area (TPSA) is 99.6 Å². The van der Waals surface area contributed by atoms with Crippen molar-refractivity contribution in [1.82, 2.24) is 4.98 Å². The first-order valence-electron chi connectivity index (χ1n) is 8.93. The molecule has 170 valence electrons. The lowest BCUT2D eigenvalue weighted by molar-refractivity contribution is -0.274. The van der Waals surface area contributed by atoms with Gasteiger partial charge in [0.1, 0.15) is 10.8 Å². The van der Waals surface area contributed by atoms with Gasteiger partial charge < -0.3 is 19.9 Å². The normalized spacial score (nSPS) is 15.3. The maximum atomic E-state index is 14.1. The van der Waals surface area contributed by atoms with Crippen LogP contribution in [-0.2, 0) is 10.4 Å². The lowest BCUT2D eigenvalue weighted by Crippen LogP contribution is -2.47. The molecule has 11 heteroatoms. The second kappa shape index (κ2) is 8.37. The standard InChI is InChI=1S/C20H20Cl2F3NO5/c1-9-7-11(8-26-16(9)27)19(30,20(23,24)25)10(2)12-5-6-13(15(22)14(12)21)31-18(3,4)17(28)29/h5-8,10,30H,1-4H3,(H,26,27)(H,28,29). The van der Waals surface area contributed by atoms with Gasteiger partial charge in [-0.25, -0.2) is 4.79 Å². The minimum absolute atomic E-state index is 0.0174. The van der Waals surface area contributed by atoms with E-state index in [4.69, 9.17) is 27.9 Å². The number of H-pyrrole nitrogens is 1. The first-order chi connectivity index (χ1) is 14.0. The van der Waals surface area contributed by atoms with Crippen molar-refractivity contribution in [3.63, 3.8) is 0 Å². The molecule has 0 bridgehead atoms. The van der Waals surface area contributed by atoms with Crippen molar-refractivity contribution in [2.75, 3.05) is 0 Å². The molecule has 6 nitrogen and oxygen atoms in total. The molecular weight excluding hydrogens is 462 g/mol. The first-order valence-corrected chi connectivity index (χ1v) is 9.68. The molecular formula is C20H20Cl2F3NO5. The van der Waals surface area contributed by atoms with E-state index in [0.29, 0.717) is 0 Å². The number of aliphatic carboxylic acids is 1. The zero-order chi connectivity index (χ0) is 23.9. The van der Waals surface area contributed by atoms with E-state index in [2.05, 4.69) is 4.98 Å². The monoisotopic (exact) mass is 481 g/mol. The number of pyridine rings is 1. The van der Waals surface area contributed by atoms with Gasteiger partial charge in [0, 0.05) is 23.2 Å². The number of aryl methyl sites for hydroxylation is 1. The summed E-state index contributed by atoms with van der Waals surface area (Å²) in [5.74, 6) is -3.10. The maximum Gasteiger partial charge on any atom is 0.422 e. The Labute approximate surface area is 185 Å². The molecule has 1 aromatic heterocycles. The lowest BCUT2D eigenvalue weighted by atomic mass is 9.78. The van der Waals surface area contributed by atoms with E-state index in [1.165, 1.54) is 32.9 Å². The molecule has 2 aromatic rings. The molecule has 0 fully saturated rings. The van der Waals surface area contributed by atoms with Crippen molar-refractivity contribution in [1.29, 1.82) is 0 Å².